The molecular weight excluding hydrogens is 145 g/mol. The molecule has 1 heterocycles. The molecule has 1 aromatic rings. The molecule has 1 rings (SSSR count). The molecule has 0 bridgehead atoms. The van der Waals surface area contributed by atoms with Gasteiger partial charge in [-0.2, -0.15) is 0 Å². The Morgan fingerprint density at radius 2 is 2.75 bits per heavy atom. The third-order valence-electron chi connectivity index (χ3n) is 0.583. The third-order valence-corrected chi connectivity index (χ3v) is 1.45. The fourth-order valence-corrected chi connectivity index (χ4v) is 1.05. The van der Waals surface area contributed by atoms with Crippen molar-refractivity contribution in [2.24, 2.45) is 0 Å². The highest BCUT2D eigenvalue weighted by Gasteiger charge is 1.99. The number of nitrogens with one attached hydrogen (secondary N) is 1. The van der Waals surface area contributed by atoms with Crippen LogP contribution in [0.4, 0.5) is 0 Å². The minimum Gasteiger partial charge on any atom is -0.349 e. The number of aromatic amines is 1. The molecule has 0 aromatic carbocycles. The van der Waals surface area contributed by atoms with Gasteiger partial charge in [-0.3, -0.25) is 0 Å². The first kappa shape index (κ1) is 5.66. The Morgan fingerprint density at radius 3 is 3.25 bits per heavy atom. The van der Waals surface area contributed by atoms with Crippen LogP contribution in [0.3, 0.4) is 0 Å². The second-order valence-corrected chi connectivity index (χ2v) is 2.10. The van der Waals surface area contributed by atoms with Gasteiger partial charge in [0.15, 0.2) is 0 Å². The van der Waals surface area contributed by atoms with Gasteiger partial charge in [-0.25, -0.2) is 4.57 Å². The molecule has 0 saturated carbocycles. The van der Waals surface area contributed by atoms with Crippen LogP contribution >= 0.6 is 20.2 Å². The van der Waals surface area contributed by atoms with Crippen LogP contribution in [0.15, 0.2) is 11.4 Å². The molecule has 0 aliphatic heterocycles. The van der Waals surface area contributed by atoms with E-state index in [0.29, 0.717) is 5.88 Å². The lowest BCUT2D eigenvalue weighted by molar-refractivity contribution is -0.302. The van der Waals surface area contributed by atoms with Crippen LogP contribution in [0.1, 0.15) is 0 Å². The Kier molecular flexibility index (Phi) is 1.94. The van der Waals surface area contributed by atoms with E-state index in [9.17, 15) is 4.57 Å². The van der Waals surface area contributed by atoms with Gasteiger partial charge in [-0.05, 0) is 0 Å². The zero-order valence-corrected chi connectivity index (χ0v) is 5.54. The summed E-state index contributed by atoms with van der Waals surface area (Å²) in [5.41, 5.74) is 0. The molecule has 0 saturated heterocycles. The average molecular weight is 148 g/mol. The Labute approximate surface area is 51.8 Å². The quantitative estimate of drug-likeness (QED) is 0.590. The molecule has 0 unspecified atom stereocenters. The minimum absolute atomic E-state index is 0.319. The Bertz CT molecular complexity index is 164. The summed E-state index contributed by atoms with van der Waals surface area (Å²) in [5, 5.41) is 1.81. The molecule has 42 valence electrons. The van der Waals surface area contributed by atoms with Crippen LogP contribution in [0.25, 0.3) is 0 Å². The van der Waals surface area contributed by atoms with Crippen LogP contribution in [-0.2, 0) is 4.57 Å². The van der Waals surface area contributed by atoms with E-state index in [2.05, 4.69) is 8.90 Å². The summed E-state index contributed by atoms with van der Waals surface area (Å²) in [7, 11) is -0.319. The van der Waals surface area contributed by atoms with E-state index in [1.807, 2.05) is 0 Å². The molecule has 8 heavy (non-hydrogen) atoms. The standard InChI is InChI=1S/C3H2NO2PS/c5-7-6-3-1-2-8-4-3/h1-2H/p+1. The van der Waals surface area contributed by atoms with E-state index >= 15 is 0 Å². The van der Waals surface area contributed by atoms with Gasteiger partial charge in [0.05, 0.1) is 11.4 Å². The summed E-state index contributed by atoms with van der Waals surface area (Å²) in [6, 6.07) is 1.70. The highest BCUT2D eigenvalue weighted by atomic mass is 32.1. The van der Waals surface area contributed by atoms with Crippen molar-refractivity contribution < 1.29 is 13.5 Å². The number of H-pyrrole nitrogens is 1. The van der Waals surface area contributed by atoms with Crippen molar-refractivity contribution in [1.29, 1.82) is 0 Å². The van der Waals surface area contributed by atoms with Gasteiger partial charge in [-0.1, -0.05) is 0 Å². The topological polar surface area (TPSA) is 40.4 Å². The lowest BCUT2D eigenvalue weighted by Gasteiger charge is -1.73. The first-order chi connectivity index (χ1) is 3.93. The highest BCUT2D eigenvalue weighted by Crippen LogP contribution is 2.07. The largest absolute Gasteiger partial charge is 0.400 e. The van der Waals surface area contributed by atoms with Crippen LogP contribution < -0.4 is 8.90 Å². The maximum Gasteiger partial charge on any atom is 0.400 e. The molecule has 3 nitrogen and oxygen atoms in total. The van der Waals surface area contributed by atoms with E-state index in [1.54, 1.807) is 11.4 Å². The molecule has 0 radical (unpaired) electrons. The minimum atomic E-state index is -0.319. The summed E-state index contributed by atoms with van der Waals surface area (Å²) in [6.45, 7) is 0. The zero-order chi connectivity index (χ0) is 5.82. The predicted octanol–water partition coefficient (Wildman–Crippen LogP) is 1.15. The average Bonchev–Trinajstić information content (AvgIpc) is 2.19. The van der Waals surface area contributed by atoms with E-state index < -0.39 is 0 Å². The predicted molar refractivity (Wildman–Crippen MR) is 29.1 cm³/mol. The van der Waals surface area contributed by atoms with Gasteiger partial charge >= 0.3 is 14.6 Å². The van der Waals surface area contributed by atoms with Crippen molar-refractivity contribution in [3.63, 3.8) is 0 Å². The Balaban J connectivity index is 2.62. The first-order valence-electron chi connectivity index (χ1n) is 1.88. The van der Waals surface area contributed by atoms with Crippen molar-refractivity contribution in [2.75, 3.05) is 0 Å². The first-order valence-corrected chi connectivity index (χ1v) is 3.49. The van der Waals surface area contributed by atoms with Gasteiger partial charge in [0.2, 0.25) is 0 Å². The lowest BCUT2D eigenvalue weighted by Crippen LogP contribution is -1.92. The molecule has 0 fully saturated rings. The lowest BCUT2D eigenvalue weighted by atomic mass is 10.7. The van der Waals surface area contributed by atoms with Crippen LogP contribution in [0, 0.1) is 0 Å². The number of hydrogen-bond donors (Lipinski definition) is 0. The fraction of sp³-hybridized carbons (Fsp3) is 0. The van der Waals surface area contributed by atoms with Crippen molar-refractivity contribution in [3.8, 4) is 5.88 Å². The van der Waals surface area contributed by atoms with Crippen molar-refractivity contribution >= 4 is 20.2 Å². The number of aromatic nitrogens is 1. The van der Waals surface area contributed by atoms with E-state index in [-0.39, 0.29) is 8.69 Å². The van der Waals surface area contributed by atoms with Gasteiger partial charge < -0.3 is 4.52 Å². The van der Waals surface area contributed by atoms with Crippen LogP contribution in [0.5, 0.6) is 5.88 Å². The second kappa shape index (κ2) is 2.74. The molecule has 0 amide bonds. The summed E-state index contributed by atoms with van der Waals surface area (Å²) in [4.78, 5) is 0. The zero-order valence-electron chi connectivity index (χ0n) is 3.83. The molecule has 0 aliphatic carbocycles. The molecule has 1 N–H and O–H groups in total. The SMILES string of the molecule is O=POc1ccs[nH+]1. The van der Waals surface area contributed by atoms with Gasteiger partial charge in [0, 0.05) is 0 Å². The van der Waals surface area contributed by atoms with Crippen molar-refractivity contribution in [3.05, 3.63) is 11.4 Å². The molecule has 1 aromatic heterocycles. The smallest absolute Gasteiger partial charge is 0.349 e. The number of rotatable bonds is 2. The monoisotopic (exact) mass is 148 g/mol. The normalized spacial score (nSPS) is 9.50. The third kappa shape index (κ3) is 1.25. The maximum absolute atomic E-state index is 9.73. The molecule has 0 atom stereocenters. The van der Waals surface area contributed by atoms with Gasteiger partial charge in [0.25, 0.3) is 0 Å². The Hall–Kier alpha value is -0.470. The maximum atomic E-state index is 9.73. The molecule has 0 spiro atoms. The van der Waals surface area contributed by atoms with E-state index in [4.69, 9.17) is 0 Å². The highest BCUT2D eigenvalue weighted by molar-refractivity contribution is 7.17. The van der Waals surface area contributed by atoms with Crippen molar-refractivity contribution in [1.82, 2.24) is 0 Å². The summed E-state index contributed by atoms with van der Waals surface area (Å²) in [6.07, 6.45) is 0. The van der Waals surface area contributed by atoms with E-state index in [0.717, 1.165) is 0 Å². The molecular formula is C3H3NO2PS+. The van der Waals surface area contributed by atoms with Crippen molar-refractivity contribution in [2.45, 2.75) is 0 Å². The fourth-order valence-electron chi connectivity index (χ4n) is 0.311. The number of hydrogen-bond acceptors (Lipinski definition) is 3. The van der Waals surface area contributed by atoms with Crippen LogP contribution in [-0.4, -0.2) is 0 Å². The van der Waals surface area contributed by atoms with Gasteiger partial charge in [-0.15, -0.1) is 4.37 Å². The van der Waals surface area contributed by atoms with Crippen LogP contribution in [0.2, 0.25) is 0 Å². The summed E-state index contributed by atoms with van der Waals surface area (Å²) >= 11 is 1.39. The molecule has 5 heteroatoms. The summed E-state index contributed by atoms with van der Waals surface area (Å²) in [5.74, 6) is 0.534. The van der Waals surface area contributed by atoms with E-state index in [1.165, 1.54) is 11.5 Å². The van der Waals surface area contributed by atoms with Gasteiger partial charge in [0.1, 0.15) is 11.5 Å². The second-order valence-electron chi connectivity index (χ2n) is 1.05. The summed E-state index contributed by atoms with van der Waals surface area (Å²) < 4.78 is 17.0. The molecule has 0 aliphatic rings. The Morgan fingerprint density at radius 1 is 1.88 bits per heavy atom.